The van der Waals surface area contributed by atoms with Crippen LogP contribution in [0.25, 0.3) is 0 Å². The average Bonchev–Trinajstić information content (AvgIpc) is 2.71. The fraction of sp³-hybridized carbons (Fsp3) is 1.00. The molecule has 0 aliphatic rings. The second kappa shape index (κ2) is 26.9. The minimum absolute atomic E-state index is 0.499. The molecule has 0 spiro atoms. The highest BCUT2D eigenvalue weighted by molar-refractivity contribution is 4.51. The molecule has 0 atom stereocenters. The van der Waals surface area contributed by atoms with Crippen LogP contribution < -0.4 is 0 Å². The van der Waals surface area contributed by atoms with Crippen LogP contribution in [-0.4, -0.2) is 11.9 Å². The van der Waals surface area contributed by atoms with Crippen molar-refractivity contribution >= 4 is 0 Å². The Labute approximate surface area is 178 Å². The highest BCUT2D eigenvalue weighted by Crippen LogP contribution is 2.15. The molecule has 0 aromatic heterocycles. The lowest BCUT2D eigenvalue weighted by atomic mass is 10.0. The maximum Gasteiger partial charge on any atom is 0.0819 e. The molecule has 0 aromatic carbocycles. The molecule has 0 unspecified atom stereocenters. The Morgan fingerprint density at radius 2 is 0.571 bits per heavy atom. The van der Waals surface area contributed by atoms with Gasteiger partial charge in [-0.2, -0.15) is 0 Å². The highest BCUT2D eigenvalue weighted by atomic mass is 17.1. The van der Waals surface area contributed by atoms with Crippen LogP contribution in [0.3, 0.4) is 0 Å². The minimum Gasteiger partial charge on any atom is -0.252 e. The second-order valence-corrected chi connectivity index (χ2v) is 8.96. The number of hydrogen-bond acceptors (Lipinski definition) is 2. The van der Waals surface area contributed by atoms with Crippen molar-refractivity contribution in [3.63, 3.8) is 0 Å². The van der Waals surface area contributed by atoms with E-state index < -0.39 is 0 Å². The summed E-state index contributed by atoms with van der Waals surface area (Å²) < 4.78 is 0. The Morgan fingerprint density at radius 3 is 0.786 bits per heavy atom. The van der Waals surface area contributed by atoms with Gasteiger partial charge in [0.2, 0.25) is 0 Å². The molecule has 1 N–H and O–H groups in total. The summed E-state index contributed by atoms with van der Waals surface area (Å²) >= 11 is 0. The minimum atomic E-state index is 0.499. The zero-order valence-electron chi connectivity index (χ0n) is 19.5. The average molecular weight is 399 g/mol. The van der Waals surface area contributed by atoms with Crippen molar-refractivity contribution in [1.82, 2.24) is 0 Å². The summed E-state index contributed by atoms with van der Waals surface area (Å²) in [6.45, 7) is 2.80. The fourth-order valence-electron chi connectivity index (χ4n) is 4.13. The first-order chi connectivity index (χ1) is 13.9. The zero-order valence-corrected chi connectivity index (χ0v) is 19.5. The van der Waals surface area contributed by atoms with E-state index in [0.29, 0.717) is 6.61 Å². The van der Waals surface area contributed by atoms with Crippen LogP contribution in [0.1, 0.15) is 161 Å². The van der Waals surface area contributed by atoms with Crippen LogP contribution in [0.2, 0.25) is 0 Å². The van der Waals surface area contributed by atoms with Gasteiger partial charge in [-0.25, -0.2) is 4.89 Å². The van der Waals surface area contributed by atoms with Crippen LogP contribution in [0, 0.1) is 0 Å². The summed E-state index contributed by atoms with van der Waals surface area (Å²) in [5.41, 5.74) is 0. The van der Waals surface area contributed by atoms with Crippen molar-refractivity contribution in [2.45, 2.75) is 161 Å². The third kappa shape index (κ3) is 25.9. The Bertz CT molecular complexity index is 229. The number of hydrogen-bond donors (Lipinski definition) is 1. The van der Waals surface area contributed by atoms with Crippen LogP contribution in [0.4, 0.5) is 0 Å². The molecule has 2 nitrogen and oxygen atoms in total. The van der Waals surface area contributed by atoms with Crippen molar-refractivity contribution in [3.05, 3.63) is 0 Å². The van der Waals surface area contributed by atoms with Gasteiger partial charge in [0.25, 0.3) is 0 Å². The lowest BCUT2D eigenvalue weighted by molar-refractivity contribution is -0.242. The monoisotopic (exact) mass is 398 g/mol. The van der Waals surface area contributed by atoms with Gasteiger partial charge >= 0.3 is 0 Å². The van der Waals surface area contributed by atoms with Gasteiger partial charge in [0, 0.05) is 0 Å². The standard InChI is InChI=1S/C26H54O2/c1-2-3-4-5-6-7-8-9-10-11-12-13-14-15-16-17-18-19-20-21-22-23-24-25-26-28-27/h27H,2-26H2,1H3. The van der Waals surface area contributed by atoms with E-state index in [1.54, 1.807) is 0 Å². The normalized spacial score (nSPS) is 11.4. The third-order valence-electron chi connectivity index (χ3n) is 6.09. The summed E-state index contributed by atoms with van der Waals surface area (Å²) in [5.74, 6) is 0. The third-order valence-corrected chi connectivity index (χ3v) is 6.09. The molecule has 170 valence electrons. The van der Waals surface area contributed by atoms with Crippen LogP contribution in [0.5, 0.6) is 0 Å². The molecule has 0 aliphatic heterocycles. The van der Waals surface area contributed by atoms with Crippen molar-refractivity contribution in [2.24, 2.45) is 0 Å². The quantitative estimate of drug-likeness (QED) is 0.0941. The first kappa shape index (κ1) is 27.9. The predicted octanol–water partition coefficient (Wildman–Crippen LogP) is 9.86. The summed E-state index contributed by atoms with van der Waals surface area (Å²) in [4.78, 5) is 4.09. The van der Waals surface area contributed by atoms with Crippen molar-refractivity contribution < 1.29 is 10.1 Å². The predicted molar refractivity (Wildman–Crippen MR) is 125 cm³/mol. The maximum absolute atomic E-state index is 8.24. The van der Waals surface area contributed by atoms with Crippen molar-refractivity contribution in [3.8, 4) is 0 Å². The summed E-state index contributed by atoms with van der Waals surface area (Å²) in [5, 5.41) is 8.24. The fourth-order valence-corrected chi connectivity index (χ4v) is 4.13. The first-order valence-electron chi connectivity index (χ1n) is 13.2. The van der Waals surface area contributed by atoms with Crippen LogP contribution in [-0.2, 0) is 4.89 Å². The van der Waals surface area contributed by atoms with Gasteiger partial charge in [0.05, 0.1) is 6.61 Å². The molecule has 0 bridgehead atoms. The van der Waals surface area contributed by atoms with E-state index in [4.69, 9.17) is 5.26 Å². The molecular weight excluding hydrogens is 344 g/mol. The summed E-state index contributed by atoms with van der Waals surface area (Å²) in [6, 6.07) is 0. The second-order valence-electron chi connectivity index (χ2n) is 8.96. The van der Waals surface area contributed by atoms with E-state index in [9.17, 15) is 0 Å². The van der Waals surface area contributed by atoms with Gasteiger partial charge in [0.1, 0.15) is 0 Å². The first-order valence-corrected chi connectivity index (χ1v) is 13.2. The number of unbranched alkanes of at least 4 members (excludes halogenated alkanes) is 23. The lowest BCUT2D eigenvalue weighted by Crippen LogP contribution is -1.88. The van der Waals surface area contributed by atoms with Gasteiger partial charge in [-0.1, -0.05) is 155 Å². The van der Waals surface area contributed by atoms with Gasteiger partial charge in [-0.15, -0.1) is 0 Å². The molecule has 0 radical (unpaired) electrons. The topological polar surface area (TPSA) is 29.5 Å². The summed E-state index contributed by atoms with van der Waals surface area (Å²) in [6.07, 6.45) is 33.9. The summed E-state index contributed by atoms with van der Waals surface area (Å²) in [7, 11) is 0. The van der Waals surface area contributed by atoms with E-state index in [1.807, 2.05) is 0 Å². The molecule has 0 heterocycles. The Hall–Kier alpha value is -0.0800. The van der Waals surface area contributed by atoms with Crippen LogP contribution in [0.15, 0.2) is 0 Å². The smallest absolute Gasteiger partial charge is 0.0819 e. The Balaban J connectivity index is 2.96. The molecular formula is C26H54O2. The van der Waals surface area contributed by atoms with Gasteiger partial charge in [-0.05, 0) is 6.42 Å². The SMILES string of the molecule is CCCCCCCCCCCCCCCCCCCCCCCCCCOO. The molecule has 0 aliphatic carbocycles. The Kier molecular flexibility index (Phi) is 26.8. The van der Waals surface area contributed by atoms with E-state index in [1.165, 1.54) is 148 Å². The zero-order chi connectivity index (χ0) is 20.4. The van der Waals surface area contributed by atoms with Gasteiger partial charge in [0.15, 0.2) is 0 Å². The van der Waals surface area contributed by atoms with Gasteiger partial charge in [-0.3, -0.25) is 5.26 Å². The Morgan fingerprint density at radius 1 is 0.357 bits per heavy atom. The number of rotatable bonds is 25. The molecule has 0 fully saturated rings. The van der Waals surface area contributed by atoms with E-state index >= 15 is 0 Å². The van der Waals surface area contributed by atoms with E-state index in [2.05, 4.69) is 11.8 Å². The molecule has 0 aromatic rings. The van der Waals surface area contributed by atoms with Crippen molar-refractivity contribution in [2.75, 3.05) is 6.61 Å². The molecule has 0 saturated heterocycles. The molecule has 0 rings (SSSR count). The lowest BCUT2D eigenvalue weighted by Gasteiger charge is -2.04. The van der Waals surface area contributed by atoms with Crippen molar-refractivity contribution in [1.29, 1.82) is 0 Å². The molecule has 0 amide bonds. The molecule has 28 heavy (non-hydrogen) atoms. The molecule has 2 heteroatoms. The van der Waals surface area contributed by atoms with E-state index in [0.717, 1.165) is 6.42 Å². The largest absolute Gasteiger partial charge is 0.252 e. The molecule has 0 saturated carbocycles. The van der Waals surface area contributed by atoms with Crippen LogP contribution >= 0.6 is 0 Å². The van der Waals surface area contributed by atoms with E-state index in [-0.39, 0.29) is 0 Å². The maximum atomic E-state index is 8.24. The highest BCUT2D eigenvalue weighted by Gasteiger charge is 1.96. The van der Waals surface area contributed by atoms with Gasteiger partial charge < -0.3 is 0 Å².